The first-order chi connectivity index (χ1) is 9.74. The molecule has 118 valence electrons. The number of carbonyl (C=O) groups is 1. The van der Waals surface area contributed by atoms with Gasteiger partial charge in [-0.1, -0.05) is 44.0 Å². The molecule has 0 radical (unpaired) electrons. The van der Waals surface area contributed by atoms with Crippen molar-refractivity contribution in [2.45, 2.75) is 33.2 Å². The van der Waals surface area contributed by atoms with Gasteiger partial charge in [0.05, 0.1) is 10.0 Å². The molecular weight excluding hydrogens is 313 g/mol. The van der Waals surface area contributed by atoms with Crippen LogP contribution in [0, 0.1) is 5.41 Å². The molecule has 0 spiro atoms. The van der Waals surface area contributed by atoms with Crippen LogP contribution in [0.5, 0.6) is 5.75 Å². The first kappa shape index (κ1) is 18.1. The van der Waals surface area contributed by atoms with Crippen LogP contribution in [0.15, 0.2) is 18.2 Å². The fraction of sp³-hybridized carbons (Fsp3) is 0.533. The largest absolute Gasteiger partial charge is 0.484 e. The molecule has 0 aromatic heterocycles. The predicted molar refractivity (Wildman–Crippen MR) is 85.0 cm³/mol. The van der Waals surface area contributed by atoms with Crippen molar-refractivity contribution in [1.29, 1.82) is 0 Å². The number of aliphatic hydroxyl groups is 1. The number of ether oxygens (including phenoxy) is 1. The summed E-state index contributed by atoms with van der Waals surface area (Å²) in [4.78, 5) is 11.9. The summed E-state index contributed by atoms with van der Waals surface area (Å²) < 4.78 is 5.38. The standard InChI is InChI=1S/C15H21Cl2NO3/c1-15(2,3)13(6-7-19)18-14(20)9-21-10-4-5-11(16)12(17)8-10/h4-5,8,13,19H,6-7,9H2,1-3H3,(H,18,20). The summed E-state index contributed by atoms with van der Waals surface area (Å²) in [6.45, 7) is 5.93. The Morgan fingerprint density at radius 3 is 2.52 bits per heavy atom. The Hall–Kier alpha value is -0.970. The zero-order valence-electron chi connectivity index (χ0n) is 12.5. The maximum absolute atomic E-state index is 11.9. The monoisotopic (exact) mass is 333 g/mol. The van der Waals surface area contributed by atoms with Gasteiger partial charge in [0.1, 0.15) is 5.75 Å². The van der Waals surface area contributed by atoms with Crippen LogP contribution in [-0.4, -0.2) is 30.3 Å². The number of amides is 1. The summed E-state index contributed by atoms with van der Waals surface area (Å²) in [7, 11) is 0. The molecule has 0 fully saturated rings. The maximum atomic E-state index is 11.9. The Morgan fingerprint density at radius 1 is 1.33 bits per heavy atom. The highest BCUT2D eigenvalue weighted by Crippen LogP contribution is 2.26. The molecule has 1 atom stereocenters. The molecule has 0 aliphatic rings. The van der Waals surface area contributed by atoms with Crippen molar-refractivity contribution in [2.75, 3.05) is 13.2 Å². The summed E-state index contributed by atoms with van der Waals surface area (Å²) in [6, 6.07) is 4.70. The molecule has 1 aromatic rings. The first-order valence-electron chi connectivity index (χ1n) is 6.72. The molecular formula is C15H21Cl2NO3. The van der Waals surface area contributed by atoms with E-state index in [9.17, 15) is 4.79 Å². The molecule has 0 aliphatic heterocycles. The van der Waals surface area contributed by atoms with E-state index in [1.54, 1.807) is 18.2 Å². The van der Waals surface area contributed by atoms with Crippen LogP contribution in [-0.2, 0) is 4.79 Å². The highest BCUT2D eigenvalue weighted by Gasteiger charge is 2.25. The molecule has 0 saturated heterocycles. The summed E-state index contributed by atoms with van der Waals surface area (Å²) >= 11 is 11.7. The van der Waals surface area contributed by atoms with Gasteiger partial charge >= 0.3 is 0 Å². The molecule has 6 heteroatoms. The Labute approximate surface area is 135 Å². The van der Waals surface area contributed by atoms with Gasteiger partial charge in [-0.2, -0.15) is 0 Å². The lowest BCUT2D eigenvalue weighted by Crippen LogP contribution is -2.46. The van der Waals surface area contributed by atoms with Gasteiger partial charge in [-0.05, 0) is 24.0 Å². The van der Waals surface area contributed by atoms with Crippen LogP contribution >= 0.6 is 23.2 Å². The van der Waals surface area contributed by atoms with Gasteiger partial charge in [0, 0.05) is 18.7 Å². The lowest BCUT2D eigenvalue weighted by atomic mass is 9.85. The fourth-order valence-corrected chi connectivity index (χ4v) is 2.09. The number of aliphatic hydroxyl groups excluding tert-OH is 1. The van der Waals surface area contributed by atoms with Crippen molar-refractivity contribution in [3.8, 4) is 5.75 Å². The van der Waals surface area contributed by atoms with Gasteiger partial charge in [-0.15, -0.1) is 0 Å². The number of rotatable bonds is 6. The third-order valence-electron chi connectivity index (χ3n) is 3.06. The predicted octanol–water partition coefficient (Wildman–Crippen LogP) is 3.29. The average Bonchev–Trinajstić information content (AvgIpc) is 2.38. The maximum Gasteiger partial charge on any atom is 0.258 e. The molecule has 21 heavy (non-hydrogen) atoms. The van der Waals surface area contributed by atoms with Crippen molar-refractivity contribution >= 4 is 29.1 Å². The minimum Gasteiger partial charge on any atom is -0.484 e. The second-order valence-electron chi connectivity index (χ2n) is 5.86. The Morgan fingerprint density at radius 2 is 2.00 bits per heavy atom. The summed E-state index contributed by atoms with van der Waals surface area (Å²) in [5.41, 5.74) is -0.137. The fourth-order valence-electron chi connectivity index (χ4n) is 1.80. The topological polar surface area (TPSA) is 58.6 Å². The lowest BCUT2D eigenvalue weighted by molar-refractivity contribution is -0.124. The van der Waals surface area contributed by atoms with Crippen molar-refractivity contribution in [3.63, 3.8) is 0 Å². The van der Waals surface area contributed by atoms with E-state index < -0.39 is 0 Å². The molecule has 0 bridgehead atoms. The molecule has 0 aliphatic carbocycles. The Balaban J connectivity index is 2.54. The van der Waals surface area contributed by atoms with E-state index in [0.29, 0.717) is 22.2 Å². The number of hydrogen-bond acceptors (Lipinski definition) is 3. The summed E-state index contributed by atoms with van der Waals surface area (Å²) in [5.74, 6) is 0.239. The molecule has 1 aromatic carbocycles. The van der Waals surface area contributed by atoms with E-state index in [1.165, 1.54) is 0 Å². The number of hydrogen-bond donors (Lipinski definition) is 2. The van der Waals surface area contributed by atoms with Gasteiger partial charge in [0.15, 0.2) is 6.61 Å². The Bertz CT molecular complexity index is 486. The molecule has 0 heterocycles. The van der Waals surface area contributed by atoms with Gasteiger partial charge in [-0.25, -0.2) is 0 Å². The van der Waals surface area contributed by atoms with Crippen LogP contribution in [0.4, 0.5) is 0 Å². The minimum absolute atomic E-state index is 0.0237. The lowest BCUT2D eigenvalue weighted by Gasteiger charge is -2.31. The van der Waals surface area contributed by atoms with Gasteiger partial charge in [0.25, 0.3) is 5.91 Å². The third-order valence-corrected chi connectivity index (χ3v) is 3.80. The van der Waals surface area contributed by atoms with Crippen LogP contribution in [0.2, 0.25) is 10.0 Å². The molecule has 0 saturated carbocycles. The Kier molecular flexibility index (Phi) is 6.78. The van der Waals surface area contributed by atoms with E-state index in [-0.39, 0.29) is 30.6 Å². The number of halogens is 2. The number of carbonyl (C=O) groups excluding carboxylic acids is 1. The highest BCUT2D eigenvalue weighted by atomic mass is 35.5. The van der Waals surface area contributed by atoms with Crippen LogP contribution in [0.3, 0.4) is 0 Å². The van der Waals surface area contributed by atoms with Crippen LogP contribution < -0.4 is 10.1 Å². The molecule has 1 rings (SSSR count). The van der Waals surface area contributed by atoms with E-state index >= 15 is 0 Å². The third kappa shape index (κ3) is 6.12. The first-order valence-corrected chi connectivity index (χ1v) is 7.47. The minimum atomic E-state index is -0.241. The second-order valence-corrected chi connectivity index (χ2v) is 6.68. The molecule has 1 amide bonds. The van der Waals surface area contributed by atoms with Crippen LogP contribution in [0.1, 0.15) is 27.2 Å². The normalized spacial score (nSPS) is 12.9. The van der Waals surface area contributed by atoms with Crippen molar-refractivity contribution in [3.05, 3.63) is 28.2 Å². The van der Waals surface area contributed by atoms with Crippen molar-refractivity contribution < 1.29 is 14.6 Å². The van der Waals surface area contributed by atoms with Crippen molar-refractivity contribution in [2.24, 2.45) is 5.41 Å². The van der Waals surface area contributed by atoms with Crippen molar-refractivity contribution in [1.82, 2.24) is 5.32 Å². The quantitative estimate of drug-likeness (QED) is 0.839. The van der Waals surface area contributed by atoms with E-state index in [0.717, 1.165) is 0 Å². The molecule has 1 unspecified atom stereocenters. The number of benzene rings is 1. The van der Waals surface area contributed by atoms with E-state index in [4.69, 9.17) is 33.0 Å². The highest BCUT2D eigenvalue weighted by molar-refractivity contribution is 6.42. The smallest absolute Gasteiger partial charge is 0.258 e. The van der Waals surface area contributed by atoms with Gasteiger partial charge in [0.2, 0.25) is 0 Å². The SMILES string of the molecule is CC(C)(C)C(CCO)NC(=O)COc1ccc(Cl)c(Cl)c1. The van der Waals surface area contributed by atoms with E-state index in [1.807, 2.05) is 20.8 Å². The zero-order chi connectivity index (χ0) is 16.0. The summed E-state index contributed by atoms with van der Waals surface area (Å²) in [5, 5.41) is 12.8. The second kappa shape index (κ2) is 7.87. The summed E-state index contributed by atoms with van der Waals surface area (Å²) in [6.07, 6.45) is 0.502. The number of nitrogens with one attached hydrogen (secondary N) is 1. The molecule has 2 N–H and O–H groups in total. The van der Waals surface area contributed by atoms with Crippen LogP contribution in [0.25, 0.3) is 0 Å². The van der Waals surface area contributed by atoms with Gasteiger partial charge in [-0.3, -0.25) is 4.79 Å². The van der Waals surface area contributed by atoms with Gasteiger partial charge < -0.3 is 15.2 Å². The van der Waals surface area contributed by atoms with E-state index in [2.05, 4.69) is 5.32 Å². The average molecular weight is 334 g/mol. The zero-order valence-corrected chi connectivity index (χ0v) is 14.0. The molecule has 4 nitrogen and oxygen atoms in total.